The van der Waals surface area contributed by atoms with E-state index in [-0.39, 0.29) is 5.91 Å². The largest absolute Gasteiger partial charge is 0.380 e. The summed E-state index contributed by atoms with van der Waals surface area (Å²) in [5.74, 6) is 0.180. The van der Waals surface area contributed by atoms with Gasteiger partial charge in [-0.25, -0.2) is 0 Å². The van der Waals surface area contributed by atoms with E-state index < -0.39 is 0 Å². The first-order valence-electron chi connectivity index (χ1n) is 5.92. The molecule has 0 radical (unpaired) electrons. The van der Waals surface area contributed by atoms with Gasteiger partial charge >= 0.3 is 0 Å². The normalized spacial score (nSPS) is 14.8. The molecule has 94 valence electrons. The van der Waals surface area contributed by atoms with Crippen LogP contribution < -0.4 is 5.73 Å². The fraction of sp³-hybridized carbons (Fsp3) is 0.583. The molecule has 1 aromatic heterocycles. The molecule has 0 saturated carbocycles. The molecule has 0 bridgehead atoms. The summed E-state index contributed by atoms with van der Waals surface area (Å²) in [4.78, 5) is 15.3. The van der Waals surface area contributed by atoms with E-state index in [1.807, 2.05) is 4.90 Å². The minimum atomic E-state index is 0.180. The van der Waals surface area contributed by atoms with Crippen molar-refractivity contribution in [3.63, 3.8) is 0 Å². The van der Waals surface area contributed by atoms with Gasteiger partial charge in [-0.15, -0.1) is 11.3 Å². The van der Waals surface area contributed by atoms with E-state index in [2.05, 4.69) is 11.4 Å². The maximum atomic E-state index is 11.9. The quantitative estimate of drug-likeness (QED) is 0.798. The standard InChI is InChI=1S/C12H18N2O2S/c13-4-7-16-6-2-12(15)14-5-1-11-10(9-14)3-8-17-11/h3,8H,1-2,4-7,9,13H2. The van der Waals surface area contributed by atoms with Crippen molar-refractivity contribution < 1.29 is 9.53 Å². The second-order valence-corrected chi connectivity index (χ2v) is 5.09. The maximum absolute atomic E-state index is 11.9. The van der Waals surface area contributed by atoms with Crippen molar-refractivity contribution in [2.75, 3.05) is 26.3 Å². The molecule has 1 aliphatic heterocycles. The molecule has 1 amide bonds. The monoisotopic (exact) mass is 254 g/mol. The maximum Gasteiger partial charge on any atom is 0.225 e. The highest BCUT2D eigenvalue weighted by Gasteiger charge is 2.20. The number of hydrogen-bond donors (Lipinski definition) is 1. The summed E-state index contributed by atoms with van der Waals surface area (Å²) in [7, 11) is 0. The second-order valence-electron chi connectivity index (χ2n) is 4.09. The van der Waals surface area contributed by atoms with Gasteiger partial charge in [0.1, 0.15) is 0 Å². The smallest absolute Gasteiger partial charge is 0.225 e. The topological polar surface area (TPSA) is 55.6 Å². The zero-order valence-electron chi connectivity index (χ0n) is 9.85. The van der Waals surface area contributed by atoms with E-state index in [1.54, 1.807) is 11.3 Å². The average molecular weight is 254 g/mol. The minimum Gasteiger partial charge on any atom is -0.380 e. The molecule has 0 saturated heterocycles. The molecule has 0 aromatic carbocycles. The number of fused-ring (bicyclic) bond motifs is 1. The lowest BCUT2D eigenvalue weighted by Gasteiger charge is -2.27. The Kier molecular flexibility index (Phi) is 4.53. The van der Waals surface area contributed by atoms with Gasteiger partial charge in [-0.3, -0.25) is 4.79 Å². The van der Waals surface area contributed by atoms with Crippen LogP contribution in [0.25, 0.3) is 0 Å². The van der Waals surface area contributed by atoms with E-state index in [0.717, 1.165) is 19.5 Å². The fourth-order valence-electron chi connectivity index (χ4n) is 1.96. The van der Waals surface area contributed by atoms with Gasteiger partial charge in [-0.05, 0) is 23.4 Å². The minimum absolute atomic E-state index is 0.180. The van der Waals surface area contributed by atoms with Crippen molar-refractivity contribution in [2.24, 2.45) is 5.73 Å². The van der Waals surface area contributed by atoms with Gasteiger partial charge in [0.2, 0.25) is 5.91 Å². The van der Waals surface area contributed by atoms with Crippen molar-refractivity contribution in [3.05, 3.63) is 21.9 Å². The first kappa shape index (κ1) is 12.5. The first-order chi connectivity index (χ1) is 8.31. The number of hydrogen-bond acceptors (Lipinski definition) is 4. The van der Waals surface area contributed by atoms with E-state index in [9.17, 15) is 4.79 Å². The van der Waals surface area contributed by atoms with Gasteiger partial charge < -0.3 is 15.4 Å². The van der Waals surface area contributed by atoms with Crippen LogP contribution in [0.1, 0.15) is 16.9 Å². The molecule has 1 aromatic rings. The Hall–Kier alpha value is -0.910. The van der Waals surface area contributed by atoms with Crippen molar-refractivity contribution in [3.8, 4) is 0 Å². The molecule has 2 heterocycles. The number of thiophene rings is 1. The van der Waals surface area contributed by atoms with Crippen molar-refractivity contribution >= 4 is 17.2 Å². The Balaban J connectivity index is 1.78. The van der Waals surface area contributed by atoms with Crippen molar-refractivity contribution in [1.29, 1.82) is 0 Å². The lowest BCUT2D eigenvalue weighted by Crippen LogP contribution is -2.35. The Morgan fingerprint density at radius 1 is 1.53 bits per heavy atom. The van der Waals surface area contributed by atoms with Crippen LogP contribution in [0.2, 0.25) is 0 Å². The highest BCUT2D eigenvalue weighted by molar-refractivity contribution is 7.10. The molecule has 2 N–H and O–H groups in total. The fourth-order valence-corrected chi connectivity index (χ4v) is 2.85. The van der Waals surface area contributed by atoms with Crippen LogP contribution in [0.15, 0.2) is 11.4 Å². The van der Waals surface area contributed by atoms with Crippen LogP contribution in [0, 0.1) is 0 Å². The molecule has 0 fully saturated rings. The lowest BCUT2D eigenvalue weighted by molar-refractivity contribution is -0.133. The van der Waals surface area contributed by atoms with E-state index in [0.29, 0.717) is 26.2 Å². The summed E-state index contributed by atoms with van der Waals surface area (Å²) in [6, 6.07) is 2.12. The number of carbonyl (C=O) groups is 1. The van der Waals surface area contributed by atoms with Crippen molar-refractivity contribution in [1.82, 2.24) is 4.90 Å². The predicted octanol–water partition coefficient (Wildman–Crippen LogP) is 0.998. The molecule has 4 nitrogen and oxygen atoms in total. The molecule has 17 heavy (non-hydrogen) atoms. The molecule has 1 aliphatic rings. The second kappa shape index (κ2) is 6.14. The molecular weight excluding hydrogens is 236 g/mol. The Morgan fingerprint density at radius 3 is 3.24 bits per heavy atom. The first-order valence-corrected chi connectivity index (χ1v) is 6.80. The van der Waals surface area contributed by atoms with Gasteiger partial charge in [-0.2, -0.15) is 0 Å². The van der Waals surface area contributed by atoms with E-state index in [1.165, 1.54) is 10.4 Å². The number of rotatable bonds is 5. The Morgan fingerprint density at radius 2 is 2.41 bits per heavy atom. The zero-order chi connectivity index (χ0) is 12.1. The van der Waals surface area contributed by atoms with Crippen LogP contribution in [-0.4, -0.2) is 37.1 Å². The van der Waals surface area contributed by atoms with Gasteiger partial charge in [0, 0.05) is 24.5 Å². The van der Waals surface area contributed by atoms with E-state index >= 15 is 0 Å². The van der Waals surface area contributed by atoms with Crippen LogP contribution >= 0.6 is 11.3 Å². The van der Waals surface area contributed by atoms with Crippen molar-refractivity contribution in [2.45, 2.75) is 19.4 Å². The summed E-state index contributed by atoms with van der Waals surface area (Å²) in [6.07, 6.45) is 1.45. The lowest BCUT2D eigenvalue weighted by atomic mass is 10.1. The van der Waals surface area contributed by atoms with Crippen LogP contribution in [-0.2, 0) is 22.5 Å². The number of nitrogens with zero attached hydrogens (tertiary/aromatic N) is 1. The summed E-state index contributed by atoms with van der Waals surface area (Å²) < 4.78 is 5.23. The Labute approximate surface area is 105 Å². The molecule has 2 rings (SSSR count). The summed E-state index contributed by atoms with van der Waals surface area (Å²) in [6.45, 7) is 3.11. The molecule has 0 unspecified atom stereocenters. The average Bonchev–Trinajstić information content (AvgIpc) is 2.81. The number of carbonyl (C=O) groups excluding carboxylic acids is 1. The molecule has 0 aliphatic carbocycles. The van der Waals surface area contributed by atoms with Gasteiger partial charge in [-0.1, -0.05) is 0 Å². The summed E-state index contributed by atoms with van der Waals surface area (Å²) in [5.41, 5.74) is 6.61. The number of amides is 1. The van der Waals surface area contributed by atoms with Crippen LogP contribution in [0.3, 0.4) is 0 Å². The third-order valence-corrected chi connectivity index (χ3v) is 3.91. The van der Waals surface area contributed by atoms with Gasteiger partial charge in [0.25, 0.3) is 0 Å². The zero-order valence-corrected chi connectivity index (χ0v) is 10.7. The third-order valence-electron chi connectivity index (χ3n) is 2.88. The van der Waals surface area contributed by atoms with E-state index in [4.69, 9.17) is 10.5 Å². The molecule has 0 spiro atoms. The van der Waals surface area contributed by atoms with Gasteiger partial charge in [0.05, 0.1) is 19.6 Å². The highest BCUT2D eigenvalue weighted by atomic mass is 32.1. The SMILES string of the molecule is NCCOCCC(=O)N1CCc2sccc2C1. The third kappa shape index (κ3) is 3.28. The molecule has 5 heteroatoms. The van der Waals surface area contributed by atoms with Gasteiger partial charge in [0.15, 0.2) is 0 Å². The number of ether oxygens (including phenoxy) is 1. The van der Waals surface area contributed by atoms with Crippen LogP contribution in [0.5, 0.6) is 0 Å². The van der Waals surface area contributed by atoms with Crippen LogP contribution in [0.4, 0.5) is 0 Å². The number of nitrogens with two attached hydrogens (primary N) is 1. The summed E-state index contributed by atoms with van der Waals surface area (Å²) in [5, 5.41) is 2.10. The molecular formula is C12H18N2O2S. The molecule has 0 atom stereocenters. The summed E-state index contributed by atoms with van der Waals surface area (Å²) >= 11 is 1.79. The highest BCUT2D eigenvalue weighted by Crippen LogP contribution is 2.24. The predicted molar refractivity (Wildman–Crippen MR) is 67.9 cm³/mol. The Bertz CT molecular complexity index is 378.